The summed E-state index contributed by atoms with van der Waals surface area (Å²) in [5.41, 5.74) is 0. The van der Waals surface area contributed by atoms with Crippen LogP contribution in [0.5, 0.6) is 0 Å². The Labute approximate surface area is 105 Å². The van der Waals surface area contributed by atoms with E-state index in [0.29, 0.717) is 0 Å². The topological polar surface area (TPSA) is 123 Å². The molecule has 1 aliphatic rings. The normalized spacial score (nSPS) is 39.9. The lowest BCUT2D eigenvalue weighted by molar-refractivity contribution is -0.311. The Morgan fingerprint density at radius 2 is 1.83 bits per heavy atom. The number of ether oxygens (including phenoxy) is 2. The second-order valence-electron chi connectivity index (χ2n) is 4.46. The fraction of sp³-hybridized carbons (Fsp3) is 0.909. The van der Waals surface area contributed by atoms with Gasteiger partial charge in [-0.3, -0.25) is 0 Å². The maximum Gasteiger partial charge on any atom is 0.187 e. The maximum atomic E-state index is 9.70. The third-order valence-corrected chi connectivity index (χ3v) is 3.10. The highest BCUT2D eigenvalue weighted by atomic mass is 16.7. The van der Waals surface area contributed by atoms with Crippen LogP contribution in [0.4, 0.5) is 0 Å². The van der Waals surface area contributed by atoms with E-state index in [1.807, 2.05) is 6.07 Å². The van der Waals surface area contributed by atoms with Crippen LogP contribution in [-0.2, 0) is 9.47 Å². The molecule has 4 N–H and O–H groups in total. The van der Waals surface area contributed by atoms with E-state index >= 15 is 0 Å². The number of rotatable bonds is 4. The molecule has 0 saturated carbocycles. The summed E-state index contributed by atoms with van der Waals surface area (Å²) in [6.45, 7) is 2.77. The molecule has 0 unspecified atom stereocenters. The lowest BCUT2D eigenvalue weighted by atomic mass is 9.99. The standard InChI is InChI=1S/C11H19NO6/c1-5(3-12)6(2)17-11-10(16)9(15)8(14)7(4-13)18-11/h5-11,13-16H,4H2,1-2H3/t5-,6-,7+,8+,9-,10+,11+/m0/s1. The summed E-state index contributed by atoms with van der Waals surface area (Å²) in [4.78, 5) is 0. The van der Waals surface area contributed by atoms with E-state index in [9.17, 15) is 15.3 Å². The molecule has 0 amide bonds. The van der Waals surface area contributed by atoms with Crippen molar-refractivity contribution in [2.75, 3.05) is 6.61 Å². The van der Waals surface area contributed by atoms with Crippen LogP contribution >= 0.6 is 0 Å². The SMILES string of the molecule is C[C@H](O[C@@H]1O[C@H](CO)[C@@H](O)[C@H](O)[C@H]1O)[C@@H](C)C#N. The van der Waals surface area contributed by atoms with Crippen molar-refractivity contribution in [1.29, 1.82) is 5.26 Å². The molecule has 1 saturated heterocycles. The Morgan fingerprint density at radius 1 is 1.22 bits per heavy atom. The second-order valence-corrected chi connectivity index (χ2v) is 4.46. The highest BCUT2D eigenvalue weighted by molar-refractivity contribution is 4.90. The number of hydrogen-bond acceptors (Lipinski definition) is 7. The first-order valence-electron chi connectivity index (χ1n) is 5.78. The molecule has 104 valence electrons. The number of nitriles is 1. The van der Waals surface area contributed by atoms with Crippen molar-refractivity contribution in [2.45, 2.75) is 50.7 Å². The van der Waals surface area contributed by atoms with Gasteiger partial charge in [-0.2, -0.15) is 5.26 Å². The Morgan fingerprint density at radius 3 is 2.33 bits per heavy atom. The minimum atomic E-state index is -1.47. The van der Waals surface area contributed by atoms with Gasteiger partial charge in [-0.15, -0.1) is 0 Å². The third-order valence-electron chi connectivity index (χ3n) is 3.10. The van der Waals surface area contributed by atoms with Crippen LogP contribution in [0.1, 0.15) is 13.8 Å². The molecule has 18 heavy (non-hydrogen) atoms. The molecule has 1 heterocycles. The van der Waals surface area contributed by atoms with Crippen LogP contribution in [-0.4, -0.2) is 63.8 Å². The van der Waals surface area contributed by atoms with Crippen LogP contribution < -0.4 is 0 Å². The monoisotopic (exact) mass is 261 g/mol. The molecule has 0 aromatic heterocycles. The average molecular weight is 261 g/mol. The van der Waals surface area contributed by atoms with Gasteiger partial charge in [0.05, 0.1) is 24.7 Å². The van der Waals surface area contributed by atoms with Gasteiger partial charge in [0.1, 0.15) is 24.4 Å². The molecule has 1 rings (SSSR count). The lowest BCUT2D eigenvalue weighted by Crippen LogP contribution is -2.59. The summed E-state index contributed by atoms with van der Waals surface area (Å²) in [5.74, 6) is -0.419. The van der Waals surface area contributed by atoms with E-state index in [0.717, 1.165) is 0 Å². The van der Waals surface area contributed by atoms with Gasteiger partial charge in [-0.05, 0) is 13.8 Å². The first-order valence-corrected chi connectivity index (χ1v) is 5.78. The molecule has 1 aliphatic heterocycles. The largest absolute Gasteiger partial charge is 0.394 e. The van der Waals surface area contributed by atoms with Crippen LogP contribution in [0.2, 0.25) is 0 Å². The van der Waals surface area contributed by atoms with Gasteiger partial charge < -0.3 is 29.9 Å². The van der Waals surface area contributed by atoms with Gasteiger partial charge in [0.15, 0.2) is 6.29 Å². The van der Waals surface area contributed by atoms with Crippen molar-refractivity contribution in [3.05, 3.63) is 0 Å². The zero-order valence-corrected chi connectivity index (χ0v) is 10.3. The predicted octanol–water partition coefficient (Wildman–Crippen LogP) is -1.65. The molecule has 0 radical (unpaired) electrons. The van der Waals surface area contributed by atoms with E-state index in [-0.39, 0.29) is 0 Å². The van der Waals surface area contributed by atoms with Crippen molar-refractivity contribution < 1.29 is 29.9 Å². The first kappa shape index (κ1) is 15.3. The zero-order valence-electron chi connectivity index (χ0n) is 10.3. The molecular weight excluding hydrogens is 242 g/mol. The maximum absolute atomic E-state index is 9.70. The van der Waals surface area contributed by atoms with Crippen LogP contribution in [0.15, 0.2) is 0 Å². The second kappa shape index (κ2) is 6.43. The minimum Gasteiger partial charge on any atom is -0.394 e. The predicted molar refractivity (Wildman–Crippen MR) is 59.1 cm³/mol. The Kier molecular flexibility index (Phi) is 5.47. The van der Waals surface area contributed by atoms with Gasteiger partial charge >= 0.3 is 0 Å². The van der Waals surface area contributed by atoms with Crippen molar-refractivity contribution in [3.8, 4) is 6.07 Å². The van der Waals surface area contributed by atoms with Gasteiger partial charge in [0.2, 0.25) is 0 Å². The van der Waals surface area contributed by atoms with E-state index in [2.05, 4.69) is 0 Å². The smallest absolute Gasteiger partial charge is 0.187 e. The summed E-state index contributed by atoms with van der Waals surface area (Å²) in [7, 11) is 0. The molecule has 0 spiro atoms. The Bertz CT molecular complexity index is 304. The minimum absolute atomic E-state index is 0.419. The summed E-state index contributed by atoms with van der Waals surface area (Å²) >= 11 is 0. The summed E-state index contributed by atoms with van der Waals surface area (Å²) in [6, 6.07) is 1.99. The van der Waals surface area contributed by atoms with E-state index < -0.39 is 49.3 Å². The summed E-state index contributed by atoms with van der Waals surface area (Å²) in [5, 5.41) is 46.5. The number of aliphatic hydroxyl groups excluding tert-OH is 4. The molecule has 0 aromatic carbocycles. The molecule has 7 nitrogen and oxygen atoms in total. The van der Waals surface area contributed by atoms with Gasteiger partial charge in [-0.1, -0.05) is 0 Å². The summed E-state index contributed by atoms with van der Waals surface area (Å²) in [6.07, 6.45) is -7.02. The average Bonchev–Trinajstić information content (AvgIpc) is 2.38. The number of aliphatic hydroxyl groups is 4. The quantitative estimate of drug-likeness (QED) is 0.478. The summed E-state index contributed by atoms with van der Waals surface area (Å²) < 4.78 is 10.5. The first-order chi connectivity index (χ1) is 8.42. The third kappa shape index (κ3) is 3.17. The zero-order chi connectivity index (χ0) is 13.9. The van der Waals surface area contributed by atoms with E-state index in [4.69, 9.17) is 19.8 Å². The molecular formula is C11H19NO6. The fourth-order valence-corrected chi connectivity index (χ4v) is 1.61. The van der Waals surface area contributed by atoms with Crippen molar-refractivity contribution in [3.63, 3.8) is 0 Å². The van der Waals surface area contributed by atoms with Gasteiger partial charge in [-0.25, -0.2) is 0 Å². The molecule has 7 heteroatoms. The lowest BCUT2D eigenvalue weighted by Gasteiger charge is -2.40. The molecule has 0 bridgehead atoms. The number of nitrogens with zero attached hydrogens (tertiary/aromatic N) is 1. The molecule has 0 aromatic rings. The highest BCUT2D eigenvalue weighted by Gasteiger charge is 2.44. The van der Waals surface area contributed by atoms with Crippen LogP contribution in [0.3, 0.4) is 0 Å². The Hall–Kier alpha value is -0.750. The fourth-order valence-electron chi connectivity index (χ4n) is 1.61. The highest BCUT2D eigenvalue weighted by Crippen LogP contribution is 2.24. The van der Waals surface area contributed by atoms with Crippen molar-refractivity contribution >= 4 is 0 Å². The van der Waals surface area contributed by atoms with Crippen LogP contribution in [0, 0.1) is 17.2 Å². The molecule has 7 atom stereocenters. The van der Waals surface area contributed by atoms with Crippen molar-refractivity contribution in [1.82, 2.24) is 0 Å². The number of hydrogen-bond donors (Lipinski definition) is 4. The van der Waals surface area contributed by atoms with Gasteiger partial charge in [0.25, 0.3) is 0 Å². The van der Waals surface area contributed by atoms with E-state index in [1.165, 1.54) is 0 Å². The molecule has 1 fully saturated rings. The van der Waals surface area contributed by atoms with Crippen LogP contribution in [0.25, 0.3) is 0 Å². The van der Waals surface area contributed by atoms with Gasteiger partial charge in [0, 0.05) is 0 Å². The van der Waals surface area contributed by atoms with Crippen molar-refractivity contribution in [2.24, 2.45) is 5.92 Å². The Balaban J connectivity index is 2.68. The van der Waals surface area contributed by atoms with E-state index in [1.54, 1.807) is 13.8 Å². The molecule has 0 aliphatic carbocycles.